The van der Waals surface area contributed by atoms with Gasteiger partial charge >= 0.3 is 0 Å². The summed E-state index contributed by atoms with van der Waals surface area (Å²) >= 11 is 5.91. The number of rotatable bonds is 7. The monoisotopic (exact) mass is 355 g/mol. The fourth-order valence-corrected chi connectivity index (χ4v) is 3.25. The van der Waals surface area contributed by atoms with Gasteiger partial charge in [-0.1, -0.05) is 25.4 Å². The summed E-state index contributed by atoms with van der Waals surface area (Å²) in [6.07, 6.45) is 0. The van der Waals surface area contributed by atoms with Crippen molar-refractivity contribution in [1.82, 2.24) is 0 Å². The van der Waals surface area contributed by atoms with Crippen molar-refractivity contribution in [2.24, 2.45) is 11.8 Å². The normalized spacial score (nSPS) is 13.2. The van der Waals surface area contributed by atoms with E-state index in [0.717, 1.165) is 0 Å². The molecule has 0 amide bonds. The molecule has 6 nitrogen and oxygen atoms in total. The molecule has 0 aliphatic carbocycles. The maximum absolute atomic E-state index is 11.2. The Balaban J connectivity index is 2.85. The number of nitrogens with zero attached hydrogens (tertiary/aromatic N) is 1. The number of hydrogen-bond donors (Lipinski definition) is 0. The van der Waals surface area contributed by atoms with Gasteiger partial charge < -0.3 is 4.74 Å². The van der Waals surface area contributed by atoms with E-state index in [-0.39, 0.29) is 40.7 Å². The number of ether oxygens (including phenoxy) is 1. The molecule has 0 saturated carbocycles. The van der Waals surface area contributed by atoms with Crippen molar-refractivity contribution in [2.75, 3.05) is 12.4 Å². The fraction of sp³-hybridized carbons (Fsp3) is 0.500. The Kier molecular flexibility index (Phi) is 6.24. The molecular weight excluding hydrogens is 341 g/mol. The molecule has 0 N–H and O–H groups in total. The number of halogens is 2. The molecule has 21 heavy (non-hydrogen) atoms. The van der Waals surface area contributed by atoms with Crippen LogP contribution in [-0.2, 0) is 9.05 Å². The molecule has 0 radical (unpaired) electrons. The summed E-state index contributed by atoms with van der Waals surface area (Å²) in [6.45, 7) is 3.72. The first kappa shape index (κ1) is 18.0. The first-order valence-electron chi connectivity index (χ1n) is 6.09. The molecule has 1 aromatic carbocycles. The van der Waals surface area contributed by atoms with Crippen molar-refractivity contribution in [3.05, 3.63) is 33.3 Å². The summed E-state index contributed by atoms with van der Waals surface area (Å²) in [5.74, 6) is -0.430. The molecule has 0 aliphatic heterocycles. The van der Waals surface area contributed by atoms with E-state index in [1.54, 1.807) is 0 Å². The van der Waals surface area contributed by atoms with Gasteiger partial charge in [0.25, 0.3) is 5.69 Å². The quantitative estimate of drug-likeness (QED) is 0.424. The van der Waals surface area contributed by atoms with Crippen LogP contribution in [0.15, 0.2) is 18.2 Å². The summed E-state index contributed by atoms with van der Waals surface area (Å²) in [6, 6.07) is 3.82. The zero-order valence-corrected chi connectivity index (χ0v) is 13.8. The molecule has 1 unspecified atom stereocenters. The van der Waals surface area contributed by atoms with Gasteiger partial charge in [-0.3, -0.25) is 10.1 Å². The van der Waals surface area contributed by atoms with Gasteiger partial charge in [0, 0.05) is 22.7 Å². The number of nitro groups is 1. The van der Waals surface area contributed by atoms with Crippen molar-refractivity contribution in [2.45, 2.75) is 13.8 Å². The van der Waals surface area contributed by atoms with Crippen LogP contribution in [0.3, 0.4) is 0 Å². The van der Waals surface area contributed by atoms with Crippen molar-refractivity contribution >= 4 is 37.0 Å². The van der Waals surface area contributed by atoms with E-state index < -0.39 is 14.0 Å². The molecule has 1 atom stereocenters. The third kappa shape index (κ3) is 6.07. The second-order valence-electron chi connectivity index (χ2n) is 4.89. The highest BCUT2D eigenvalue weighted by atomic mass is 35.7. The largest absolute Gasteiger partial charge is 0.491 e. The highest BCUT2D eigenvalue weighted by molar-refractivity contribution is 8.13. The van der Waals surface area contributed by atoms with Crippen LogP contribution in [0.5, 0.6) is 5.75 Å². The highest BCUT2D eigenvalue weighted by Gasteiger charge is 2.22. The molecule has 9 heteroatoms. The SMILES string of the molecule is CC(C)C(COc1cc([N+](=O)[O-])ccc1Cl)CS(=O)(=O)Cl. The Labute approximate surface area is 132 Å². The van der Waals surface area contributed by atoms with Crippen molar-refractivity contribution < 1.29 is 18.1 Å². The van der Waals surface area contributed by atoms with E-state index in [0.29, 0.717) is 0 Å². The lowest BCUT2D eigenvalue weighted by molar-refractivity contribution is -0.384. The Morgan fingerprint density at radius 1 is 1.38 bits per heavy atom. The van der Waals surface area contributed by atoms with Crippen LogP contribution < -0.4 is 4.74 Å². The van der Waals surface area contributed by atoms with Crippen LogP contribution in [0, 0.1) is 22.0 Å². The Morgan fingerprint density at radius 3 is 2.48 bits per heavy atom. The van der Waals surface area contributed by atoms with Gasteiger partial charge in [-0.25, -0.2) is 8.42 Å². The van der Waals surface area contributed by atoms with Crippen molar-refractivity contribution in [3.63, 3.8) is 0 Å². The van der Waals surface area contributed by atoms with Gasteiger partial charge in [0.05, 0.1) is 28.4 Å². The minimum atomic E-state index is -3.65. The molecule has 0 aliphatic rings. The minimum Gasteiger partial charge on any atom is -0.491 e. The predicted octanol–water partition coefficient (Wildman–Crippen LogP) is 3.47. The molecule has 118 valence electrons. The Bertz CT molecular complexity index is 618. The second kappa shape index (κ2) is 7.29. The summed E-state index contributed by atoms with van der Waals surface area (Å²) < 4.78 is 27.8. The number of nitro benzene ring substituents is 1. The molecule has 0 heterocycles. The van der Waals surface area contributed by atoms with Crippen LogP contribution >= 0.6 is 22.3 Å². The molecule has 0 saturated heterocycles. The average Bonchev–Trinajstić information content (AvgIpc) is 2.34. The average molecular weight is 356 g/mol. The van der Waals surface area contributed by atoms with Crippen LogP contribution in [-0.4, -0.2) is 25.7 Å². The zero-order chi connectivity index (χ0) is 16.2. The lowest BCUT2D eigenvalue weighted by Crippen LogP contribution is -2.24. The first-order valence-corrected chi connectivity index (χ1v) is 8.95. The first-order chi connectivity index (χ1) is 9.60. The van der Waals surface area contributed by atoms with Crippen LogP contribution in [0.25, 0.3) is 0 Å². The molecular formula is C12H15Cl2NO5S. The molecule has 1 rings (SSSR count). The standard InChI is InChI=1S/C12H15Cl2NO5S/c1-8(2)9(7-21(14,18)19)6-20-12-5-10(15(16)17)3-4-11(12)13/h3-5,8-9H,6-7H2,1-2H3. The smallest absolute Gasteiger partial charge is 0.273 e. The Hall–Kier alpha value is -1.05. The lowest BCUT2D eigenvalue weighted by Gasteiger charge is -2.20. The Morgan fingerprint density at radius 2 is 2.00 bits per heavy atom. The summed E-state index contributed by atoms with van der Waals surface area (Å²) in [4.78, 5) is 10.1. The van der Waals surface area contributed by atoms with E-state index in [1.807, 2.05) is 13.8 Å². The van der Waals surface area contributed by atoms with E-state index >= 15 is 0 Å². The van der Waals surface area contributed by atoms with E-state index in [2.05, 4.69) is 0 Å². The van der Waals surface area contributed by atoms with E-state index in [4.69, 9.17) is 27.0 Å². The molecule has 0 spiro atoms. The van der Waals surface area contributed by atoms with Gasteiger partial charge in [0.15, 0.2) is 0 Å². The molecule has 1 aromatic rings. The number of benzene rings is 1. The van der Waals surface area contributed by atoms with Gasteiger partial charge in [-0.15, -0.1) is 0 Å². The fourth-order valence-electron chi connectivity index (χ4n) is 1.60. The van der Waals surface area contributed by atoms with E-state index in [1.165, 1.54) is 18.2 Å². The predicted molar refractivity (Wildman–Crippen MR) is 81.6 cm³/mol. The van der Waals surface area contributed by atoms with Gasteiger partial charge in [0.2, 0.25) is 9.05 Å². The topological polar surface area (TPSA) is 86.5 Å². The maximum atomic E-state index is 11.2. The van der Waals surface area contributed by atoms with Crippen molar-refractivity contribution in [1.29, 1.82) is 0 Å². The van der Waals surface area contributed by atoms with Crippen molar-refractivity contribution in [3.8, 4) is 5.75 Å². The third-order valence-electron chi connectivity index (χ3n) is 2.93. The van der Waals surface area contributed by atoms with Crippen LogP contribution in [0.4, 0.5) is 5.69 Å². The minimum absolute atomic E-state index is 0.0102. The summed E-state index contributed by atoms with van der Waals surface area (Å²) in [5.41, 5.74) is -0.152. The molecule has 0 bridgehead atoms. The second-order valence-corrected chi connectivity index (χ2v) is 8.12. The molecule has 0 aromatic heterocycles. The van der Waals surface area contributed by atoms with E-state index in [9.17, 15) is 18.5 Å². The summed E-state index contributed by atoms with van der Waals surface area (Å²) in [7, 11) is 1.60. The number of non-ortho nitro benzene ring substituents is 1. The number of hydrogen-bond acceptors (Lipinski definition) is 5. The summed E-state index contributed by atoms with van der Waals surface area (Å²) in [5, 5.41) is 10.9. The maximum Gasteiger partial charge on any atom is 0.273 e. The third-order valence-corrected chi connectivity index (χ3v) is 4.45. The van der Waals surface area contributed by atoms with Crippen LogP contribution in [0.1, 0.15) is 13.8 Å². The van der Waals surface area contributed by atoms with Crippen LogP contribution in [0.2, 0.25) is 5.02 Å². The lowest BCUT2D eigenvalue weighted by atomic mass is 9.99. The zero-order valence-electron chi connectivity index (χ0n) is 11.5. The van der Waals surface area contributed by atoms with Gasteiger partial charge in [-0.05, 0) is 12.0 Å². The highest BCUT2D eigenvalue weighted by Crippen LogP contribution is 2.30. The van der Waals surface area contributed by atoms with Gasteiger partial charge in [0.1, 0.15) is 5.75 Å². The molecule has 0 fully saturated rings. The van der Waals surface area contributed by atoms with Gasteiger partial charge in [-0.2, -0.15) is 0 Å².